The number of carboxylic acid groups (broad SMARTS) is 1. The summed E-state index contributed by atoms with van der Waals surface area (Å²) in [7, 11) is 0. The van der Waals surface area contributed by atoms with Crippen molar-refractivity contribution in [1.82, 2.24) is 5.32 Å². The van der Waals surface area contributed by atoms with Crippen molar-refractivity contribution in [1.29, 1.82) is 0 Å². The van der Waals surface area contributed by atoms with Crippen LogP contribution in [0.5, 0.6) is 0 Å². The number of benzene rings is 1. The van der Waals surface area contributed by atoms with Gasteiger partial charge >= 0.3 is 5.97 Å². The second-order valence-electron chi connectivity index (χ2n) is 5.79. The highest BCUT2D eigenvalue weighted by atomic mass is 16.4. The molecule has 1 fully saturated rings. The molecule has 1 saturated carbocycles. The predicted molar refractivity (Wildman–Crippen MR) is 79.6 cm³/mol. The highest BCUT2D eigenvalue weighted by molar-refractivity contribution is 5.84. The highest BCUT2D eigenvalue weighted by Crippen LogP contribution is 2.31. The largest absolute Gasteiger partial charge is 0.481 e. The van der Waals surface area contributed by atoms with Crippen molar-refractivity contribution >= 4 is 11.9 Å². The van der Waals surface area contributed by atoms with Gasteiger partial charge in [-0.1, -0.05) is 49.6 Å². The molecule has 2 rings (SSSR count). The lowest BCUT2D eigenvalue weighted by Crippen LogP contribution is -2.53. The first-order chi connectivity index (χ1) is 10.0. The second-order valence-corrected chi connectivity index (χ2v) is 5.79. The summed E-state index contributed by atoms with van der Waals surface area (Å²) in [4.78, 5) is 23.5. The number of hydrogen-bond acceptors (Lipinski definition) is 3. The van der Waals surface area contributed by atoms with Gasteiger partial charge in [0.05, 0.1) is 12.0 Å². The monoisotopic (exact) mass is 290 g/mol. The molecule has 0 aliphatic heterocycles. The Morgan fingerprint density at radius 2 is 1.81 bits per heavy atom. The average Bonchev–Trinajstić information content (AvgIpc) is 2.47. The maximum atomic E-state index is 12.4. The number of nitrogens with one attached hydrogen (secondary N) is 1. The molecule has 1 aliphatic carbocycles. The normalized spacial score (nSPS) is 18.7. The first-order valence-electron chi connectivity index (χ1n) is 7.37. The molecule has 1 aromatic rings. The molecule has 21 heavy (non-hydrogen) atoms. The lowest BCUT2D eigenvalue weighted by molar-refractivity contribution is -0.139. The molecule has 5 nitrogen and oxygen atoms in total. The average molecular weight is 290 g/mol. The minimum atomic E-state index is -0.884. The molecular weight excluding hydrogens is 268 g/mol. The number of carbonyl (C=O) groups excluding carboxylic acids is 1. The number of rotatable bonds is 5. The van der Waals surface area contributed by atoms with Crippen molar-refractivity contribution in [3.05, 3.63) is 35.9 Å². The molecule has 0 bridgehead atoms. The van der Waals surface area contributed by atoms with E-state index < -0.39 is 17.6 Å². The topological polar surface area (TPSA) is 92.4 Å². The van der Waals surface area contributed by atoms with Crippen LogP contribution in [0.1, 0.15) is 50.1 Å². The third kappa shape index (κ3) is 4.04. The van der Waals surface area contributed by atoms with E-state index in [2.05, 4.69) is 5.32 Å². The van der Waals surface area contributed by atoms with Gasteiger partial charge in [0.15, 0.2) is 0 Å². The van der Waals surface area contributed by atoms with Gasteiger partial charge in [0.2, 0.25) is 5.91 Å². The molecule has 0 unspecified atom stereocenters. The molecule has 1 atom stereocenters. The van der Waals surface area contributed by atoms with Crippen molar-refractivity contribution in [2.75, 3.05) is 0 Å². The van der Waals surface area contributed by atoms with Crippen LogP contribution >= 0.6 is 0 Å². The standard InChI is InChI=1S/C16H22N2O3/c17-14(12-7-3-1-4-8-12)15(21)18-16(11-13(19)20)9-5-2-6-10-16/h1,3-4,7-8,14H,2,5-6,9-11,17H2,(H,18,21)(H,19,20)/t14-/m1/s1. The molecular formula is C16H22N2O3. The number of aliphatic carboxylic acids is 1. The lowest BCUT2D eigenvalue weighted by atomic mass is 9.79. The molecule has 0 aromatic heterocycles. The quantitative estimate of drug-likeness (QED) is 0.773. The third-order valence-electron chi connectivity index (χ3n) is 4.13. The van der Waals surface area contributed by atoms with E-state index in [0.717, 1.165) is 24.8 Å². The second kappa shape index (κ2) is 6.72. The summed E-state index contributed by atoms with van der Waals surface area (Å²) < 4.78 is 0. The number of amides is 1. The Balaban J connectivity index is 2.09. The summed E-state index contributed by atoms with van der Waals surface area (Å²) in [5.74, 6) is -1.19. The molecule has 5 heteroatoms. The van der Waals surface area contributed by atoms with E-state index in [9.17, 15) is 9.59 Å². The smallest absolute Gasteiger partial charge is 0.305 e. The number of hydrogen-bond donors (Lipinski definition) is 3. The molecule has 1 aliphatic rings. The molecule has 1 aromatic carbocycles. The molecule has 114 valence electrons. The van der Waals surface area contributed by atoms with E-state index in [-0.39, 0.29) is 12.3 Å². The summed E-state index contributed by atoms with van der Waals surface area (Å²) in [6, 6.07) is 8.36. The molecule has 4 N–H and O–H groups in total. The van der Waals surface area contributed by atoms with Gasteiger partial charge in [-0.15, -0.1) is 0 Å². The third-order valence-corrected chi connectivity index (χ3v) is 4.13. The van der Waals surface area contributed by atoms with E-state index in [1.165, 1.54) is 0 Å². The Kier molecular flexibility index (Phi) is 4.96. The van der Waals surface area contributed by atoms with E-state index in [1.54, 1.807) is 12.1 Å². The van der Waals surface area contributed by atoms with Crippen LogP contribution < -0.4 is 11.1 Å². The van der Waals surface area contributed by atoms with Crippen molar-refractivity contribution in [3.8, 4) is 0 Å². The van der Waals surface area contributed by atoms with E-state index >= 15 is 0 Å². The number of carbonyl (C=O) groups is 2. The van der Waals surface area contributed by atoms with E-state index in [4.69, 9.17) is 10.8 Å². The van der Waals surface area contributed by atoms with Gasteiger partial charge in [0, 0.05) is 0 Å². The van der Waals surface area contributed by atoms with Crippen molar-refractivity contribution < 1.29 is 14.7 Å². The number of nitrogens with two attached hydrogens (primary N) is 1. The molecule has 1 amide bonds. The summed E-state index contributed by atoms with van der Waals surface area (Å²) >= 11 is 0. The van der Waals surface area contributed by atoms with Crippen LogP contribution in [0.3, 0.4) is 0 Å². The fraction of sp³-hybridized carbons (Fsp3) is 0.500. The Morgan fingerprint density at radius 1 is 1.19 bits per heavy atom. The van der Waals surface area contributed by atoms with Crippen LogP contribution in [0.2, 0.25) is 0 Å². The zero-order chi connectivity index (χ0) is 15.3. The Hall–Kier alpha value is -1.88. The van der Waals surface area contributed by atoms with Crippen LogP contribution in [0.15, 0.2) is 30.3 Å². The zero-order valence-electron chi connectivity index (χ0n) is 12.0. The molecule has 0 radical (unpaired) electrons. The summed E-state index contributed by atoms with van der Waals surface area (Å²) in [5, 5.41) is 12.0. The SMILES string of the molecule is N[C@@H](C(=O)NC1(CC(=O)O)CCCCC1)c1ccccc1. The van der Waals surface area contributed by atoms with Gasteiger partial charge in [0.1, 0.15) is 6.04 Å². The van der Waals surface area contributed by atoms with Gasteiger partial charge in [0.25, 0.3) is 0 Å². The fourth-order valence-electron chi connectivity index (χ4n) is 3.01. The Labute approximate surface area is 124 Å². The van der Waals surface area contributed by atoms with Crippen LogP contribution in [0.25, 0.3) is 0 Å². The minimum Gasteiger partial charge on any atom is -0.481 e. The van der Waals surface area contributed by atoms with Gasteiger partial charge in [-0.2, -0.15) is 0 Å². The van der Waals surface area contributed by atoms with E-state index in [1.807, 2.05) is 18.2 Å². The maximum absolute atomic E-state index is 12.4. The molecule has 0 saturated heterocycles. The van der Waals surface area contributed by atoms with Crippen molar-refractivity contribution in [2.45, 2.75) is 50.1 Å². The summed E-state index contributed by atoms with van der Waals surface area (Å²) in [5.41, 5.74) is 6.07. The fourth-order valence-corrected chi connectivity index (χ4v) is 3.01. The predicted octanol–water partition coefficient (Wildman–Crippen LogP) is 1.98. The maximum Gasteiger partial charge on any atom is 0.305 e. The van der Waals surface area contributed by atoms with E-state index in [0.29, 0.717) is 12.8 Å². The van der Waals surface area contributed by atoms with Crippen molar-refractivity contribution in [3.63, 3.8) is 0 Å². The van der Waals surface area contributed by atoms with Gasteiger partial charge in [-0.3, -0.25) is 9.59 Å². The first kappa shape index (κ1) is 15.5. The van der Waals surface area contributed by atoms with Crippen LogP contribution in [-0.4, -0.2) is 22.5 Å². The molecule has 0 heterocycles. The first-order valence-corrected chi connectivity index (χ1v) is 7.37. The van der Waals surface area contributed by atoms with Gasteiger partial charge in [-0.05, 0) is 18.4 Å². The summed E-state index contributed by atoms with van der Waals surface area (Å²) in [6.07, 6.45) is 4.32. The zero-order valence-corrected chi connectivity index (χ0v) is 12.0. The van der Waals surface area contributed by atoms with Gasteiger partial charge < -0.3 is 16.2 Å². The van der Waals surface area contributed by atoms with Gasteiger partial charge in [-0.25, -0.2) is 0 Å². The van der Waals surface area contributed by atoms with Crippen LogP contribution in [-0.2, 0) is 9.59 Å². The minimum absolute atomic E-state index is 0.0414. The number of carboxylic acids is 1. The highest BCUT2D eigenvalue weighted by Gasteiger charge is 2.36. The molecule has 0 spiro atoms. The van der Waals surface area contributed by atoms with Crippen LogP contribution in [0, 0.1) is 0 Å². The Morgan fingerprint density at radius 3 is 2.38 bits per heavy atom. The van der Waals surface area contributed by atoms with Crippen LogP contribution in [0.4, 0.5) is 0 Å². The van der Waals surface area contributed by atoms with Crippen molar-refractivity contribution in [2.24, 2.45) is 5.73 Å². The lowest BCUT2D eigenvalue weighted by Gasteiger charge is -2.37. The summed E-state index contributed by atoms with van der Waals surface area (Å²) in [6.45, 7) is 0. The Bertz CT molecular complexity index is 496.